The molecule has 1 saturated heterocycles. The van der Waals surface area contributed by atoms with E-state index in [0.29, 0.717) is 5.56 Å². The number of carbonyl (C=O) groups excluding carboxylic acids is 1. The van der Waals surface area contributed by atoms with Crippen LogP contribution in [0.2, 0.25) is 0 Å². The topological polar surface area (TPSA) is 41.1 Å². The molecule has 1 heterocycles. The van der Waals surface area contributed by atoms with E-state index in [1.54, 1.807) is 0 Å². The SMILES string of the molecule is Cc1ccc(C(=O)NC2CCCNC2)c(Br)c1. The zero-order valence-electron chi connectivity index (χ0n) is 9.92. The average molecular weight is 297 g/mol. The highest BCUT2D eigenvalue weighted by molar-refractivity contribution is 9.10. The molecule has 1 atom stereocenters. The van der Waals surface area contributed by atoms with Crippen molar-refractivity contribution >= 4 is 21.8 Å². The Labute approximate surface area is 110 Å². The molecule has 0 saturated carbocycles. The van der Waals surface area contributed by atoms with E-state index in [4.69, 9.17) is 0 Å². The maximum Gasteiger partial charge on any atom is 0.252 e. The zero-order valence-corrected chi connectivity index (χ0v) is 11.5. The molecule has 0 radical (unpaired) electrons. The predicted octanol–water partition coefficient (Wildman–Crippen LogP) is 2.24. The lowest BCUT2D eigenvalue weighted by Gasteiger charge is -2.24. The minimum Gasteiger partial charge on any atom is -0.348 e. The lowest BCUT2D eigenvalue weighted by atomic mass is 10.1. The quantitative estimate of drug-likeness (QED) is 0.879. The summed E-state index contributed by atoms with van der Waals surface area (Å²) in [6.45, 7) is 3.94. The zero-order chi connectivity index (χ0) is 12.3. The van der Waals surface area contributed by atoms with Gasteiger partial charge >= 0.3 is 0 Å². The second-order valence-corrected chi connectivity index (χ2v) is 5.35. The number of carbonyl (C=O) groups is 1. The fourth-order valence-electron chi connectivity index (χ4n) is 2.04. The molecule has 0 aliphatic carbocycles. The third-order valence-electron chi connectivity index (χ3n) is 3.00. The summed E-state index contributed by atoms with van der Waals surface area (Å²) in [6.07, 6.45) is 2.18. The third-order valence-corrected chi connectivity index (χ3v) is 3.66. The molecule has 1 aromatic carbocycles. The Bertz CT molecular complexity index is 414. The Morgan fingerprint density at radius 3 is 3.00 bits per heavy atom. The van der Waals surface area contributed by atoms with Gasteiger partial charge in [0.05, 0.1) is 5.56 Å². The first-order chi connectivity index (χ1) is 8.16. The second-order valence-electron chi connectivity index (χ2n) is 4.50. The van der Waals surface area contributed by atoms with Crippen molar-refractivity contribution in [1.29, 1.82) is 0 Å². The fourth-order valence-corrected chi connectivity index (χ4v) is 2.72. The summed E-state index contributed by atoms with van der Waals surface area (Å²) >= 11 is 3.44. The summed E-state index contributed by atoms with van der Waals surface area (Å²) in [5, 5.41) is 6.35. The van der Waals surface area contributed by atoms with Crippen LogP contribution in [0.3, 0.4) is 0 Å². The molecule has 0 aromatic heterocycles. The molecule has 0 spiro atoms. The van der Waals surface area contributed by atoms with Crippen LogP contribution in [0.4, 0.5) is 0 Å². The maximum atomic E-state index is 12.1. The average Bonchev–Trinajstić information content (AvgIpc) is 2.30. The normalized spacial score (nSPS) is 20.0. The molecule has 1 aliphatic heterocycles. The predicted molar refractivity (Wildman–Crippen MR) is 72.2 cm³/mol. The van der Waals surface area contributed by atoms with Crippen molar-refractivity contribution < 1.29 is 4.79 Å². The first-order valence-electron chi connectivity index (χ1n) is 5.94. The van der Waals surface area contributed by atoms with Crippen LogP contribution in [-0.4, -0.2) is 25.0 Å². The van der Waals surface area contributed by atoms with E-state index < -0.39 is 0 Å². The van der Waals surface area contributed by atoms with Gasteiger partial charge in [0, 0.05) is 17.1 Å². The van der Waals surface area contributed by atoms with Gasteiger partial charge in [-0.05, 0) is 59.9 Å². The van der Waals surface area contributed by atoms with E-state index in [2.05, 4.69) is 26.6 Å². The van der Waals surface area contributed by atoms with E-state index in [-0.39, 0.29) is 11.9 Å². The summed E-state index contributed by atoms with van der Waals surface area (Å²) in [4.78, 5) is 12.1. The number of benzene rings is 1. The molecule has 1 aliphatic rings. The number of amides is 1. The van der Waals surface area contributed by atoms with Crippen LogP contribution in [-0.2, 0) is 0 Å². The number of nitrogens with one attached hydrogen (secondary N) is 2. The molecule has 1 fully saturated rings. The molecule has 17 heavy (non-hydrogen) atoms. The van der Waals surface area contributed by atoms with E-state index in [9.17, 15) is 4.79 Å². The van der Waals surface area contributed by atoms with Crippen molar-refractivity contribution in [2.45, 2.75) is 25.8 Å². The van der Waals surface area contributed by atoms with Crippen LogP contribution in [0, 0.1) is 6.92 Å². The molecule has 2 N–H and O–H groups in total. The van der Waals surface area contributed by atoms with Crippen LogP contribution < -0.4 is 10.6 Å². The molecule has 4 heteroatoms. The Hall–Kier alpha value is -0.870. The summed E-state index contributed by atoms with van der Waals surface area (Å²) in [7, 11) is 0. The molecule has 1 unspecified atom stereocenters. The molecular weight excluding hydrogens is 280 g/mol. The fraction of sp³-hybridized carbons (Fsp3) is 0.462. The third kappa shape index (κ3) is 3.30. The minimum atomic E-state index is 0.00516. The van der Waals surface area contributed by atoms with Crippen molar-refractivity contribution in [3.8, 4) is 0 Å². The van der Waals surface area contributed by atoms with Crippen molar-refractivity contribution in [2.24, 2.45) is 0 Å². The number of rotatable bonds is 2. The van der Waals surface area contributed by atoms with E-state index in [1.807, 2.05) is 25.1 Å². The van der Waals surface area contributed by atoms with Gasteiger partial charge in [-0.25, -0.2) is 0 Å². The Morgan fingerprint density at radius 1 is 1.53 bits per heavy atom. The largest absolute Gasteiger partial charge is 0.348 e. The van der Waals surface area contributed by atoms with Gasteiger partial charge in [0.15, 0.2) is 0 Å². The highest BCUT2D eigenvalue weighted by Gasteiger charge is 2.17. The number of aryl methyl sites for hydroxylation is 1. The first kappa shape index (κ1) is 12.6. The van der Waals surface area contributed by atoms with Crippen molar-refractivity contribution in [3.05, 3.63) is 33.8 Å². The van der Waals surface area contributed by atoms with Crippen LogP contribution in [0.5, 0.6) is 0 Å². The smallest absolute Gasteiger partial charge is 0.252 e. The number of piperidine rings is 1. The molecule has 92 valence electrons. The summed E-state index contributed by atoms with van der Waals surface area (Å²) in [5.74, 6) is 0.00516. The number of hydrogen-bond donors (Lipinski definition) is 2. The summed E-state index contributed by atoms with van der Waals surface area (Å²) in [5.41, 5.74) is 1.86. The highest BCUT2D eigenvalue weighted by atomic mass is 79.9. The minimum absolute atomic E-state index is 0.00516. The Kier molecular flexibility index (Phi) is 4.18. The van der Waals surface area contributed by atoms with E-state index >= 15 is 0 Å². The van der Waals surface area contributed by atoms with Gasteiger partial charge in [0.2, 0.25) is 0 Å². The molecule has 0 bridgehead atoms. The van der Waals surface area contributed by atoms with Crippen molar-refractivity contribution in [3.63, 3.8) is 0 Å². The monoisotopic (exact) mass is 296 g/mol. The summed E-state index contributed by atoms with van der Waals surface area (Å²) in [6, 6.07) is 6.04. The van der Waals surface area contributed by atoms with Crippen LogP contribution >= 0.6 is 15.9 Å². The van der Waals surface area contributed by atoms with Gasteiger partial charge in [0.25, 0.3) is 5.91 Å². The van der Waals surface area contributed by atoms with Gasteiger partial charge in [-0.15, -0.1) is 0 Å². The molecule has 1 aromatic rings. The van der Waals surface area contributed by atoms with E-state index in [1.165, 1.54) is 0 Å². The van der Waals surface area contributed by atoms with Gasteiger partial charge < -0.3 is 10.6 Å². The first-order valence-corrected chi connectivity index (χ1v) is 6.74. The Balaban J connectivity index is 2.03. The Morgan fingerprint density at radius 2 is 2.35 bits per heavy atom. The van der Waals surface area contributed by atoms with Crippen LogP contribution in [0.15, 0.2) is 22.7 Å². The second kappa shape index (κ2) is 5.65. The molecule has 2 rings (SSSR count). The molecular formula is C13H17BrN2O. The van der Waals surface area contributed by atoms with Crippen molar-refractivity contribution in [1.82, 2.24) is 10.6 Å². The summed E-state index contributed by atoms with van der Waals surface area (Å²) < 4.78 is 0.860. The van der Waals surface area contributed by atoms with Crippen LogP contribution in [0.25, 0.3) is 0 Å². The number of halogens is 1. The lowest BCUT2D eigenvalue weighted by molar-refractivity contribution is 0.0930. The van der Waals surface area contributed by atoms with E-state index in [0.717, 1.165) is 36.0 Å². The van der Waals surface area contributed by atoms with Gasteiger partial charge in [-0.2, -0.15) is 0 Å². The highest BCUT2D eigenvalue weighted by Crippen LogP contribution is 2.18. The maximum absolute atomic E-state index is 12.1. The van der Waals surface area contributed by atoms with Crippen LogP contribution in [0.1, 0.15) is 28.8 Å². The lowest BCUT2D eigenvalue weighted by Crippen LogP contribution is -2.45. The molecule has 1 amide bonds. The number of hydrogen-bond acceptors (Lipinski definition) is 2. The van der Waals surface area contributed by atoms with Crippen molar-refractivity contribution in [2.75, 3.05) is 13.1 Å². The standard InChI is InChI=1S/C13H17BrN2O/c1-9-4-5-11(12(14)7-9)13(17)16-10-3-2-6-15-8-10/h4-5,7,10,15H,2-3,6,8H2,1H3,(H,16,17). The van der Waals surface area contributed by atoms with Gasteiger partial charge in [0.1, 0.15) is 0 Å². The molecule has 3 nitrogen and oxygen atoms in total. The van der Waals surface area contributed by atoms with Gasteiger partial charge in [-0.1, -0.05) is 6.07 Å². The van der Waals surface area contributed by atoms with Gasteiger partial charge in [-0.3, -0.25) is 4.79 Å².